The van der Waals surface area contributed by atoms with Gasteiger partial charge in [0.05, 0.1) is 34.2 Å². The molecule has 33 heavy (non-hydrogen) atoms. The number of primary sulfonamides is 1. The number of sulfonamides is 1. The number of aliphatic imine (C=N–C) groups is 1. The first-order valence-corrected chi connectivity index (χ1v) is 11.8. The third-order valence-corrected chi connectivity index (χ3v) is 6.48. The lowest BCUT2D eigenvalue weighted by Gasteiger charge is -2.27. The van der Waals surface area contributed by atoms with E-state index in [1.54, 1.807) is 44.2 Å². The Balaban J connectivity index is 1.73. The van der Waals surface area contributed by atoms with Gasteiger partial charge in [-0.1, -0.05) is 24.3 Å². The molecule has 1 aliphatic rings. The van der Waals surface area contributed by atoms with Gasteiger partial charge >= 0.3 is 0 Å². The maximum atomic E-state index is 12.7. The van der Waals surface area contributed by atoms with Crippen molar-refractivity contribution >= 4 is 21.6 Å². The van der Waals surface area contributed by atoms with Crippen LogP contribution in [-0.4, -0.2) is 26.6 Å². The van der Waals surface area contributed by atoms with Crippen molar-refractivity contribution in [2.24, 2.45) is 16.0 Å². The normalized spacial score (nSPS) is 18.2. The van der Waals surface area contributed by atoms with Crippen LogP contribution < -0.4 is 10.5 Å². The number of nitriles is 2. The second kappa shape index (κ2) is 9.78. The molecule has 0 bridgehead atoms. The van der Waals surface area contributed by atoms with Crippen molar-refractivity contribution < 1.29 is 13.2 Å². The molecule has 0 saturated carbocycles. The van der Waals surface area contributed by atoms with Gasteiger partial charge in [-0.2, -0.15) is 10.5 Å². The fourth-order valence-corrected chi connectivity index (χ4v) is 4.36. The fourth-order valence-electron chi connectivity index (χ4n) is 3.85. The van der Waals surface area contributed by atoms with Gasteiger partial charge < -0.3 is 5.32 Å². The van der Waals surface area contributed by atoms with Crippen LogP contribution in [0.2, 0.25) is 0 Å². The van der Waals surface area contributed by atoms with Gasteiger partial charge in [0.25, 0.3) is 5.91 Å². The SMILES string of the molecule is CC1=NC(C)=C(C#N)C(c2cccc(C(=O)NCCc3ccc(S(N)(=O)=O)cc3)c2)C1C#N. The first kappa shape index (κ1) is 23.9. The molecule has 0 aromatic heterocycles. The van der Waals surface area contributed by atoms with E-state index in [0.717, 1.165) is 5.56 Å². The number of amides is 1. The van der Waals surface area contributed by atoms with Crippen LogP contribution in [0.15, 0.2) is 69.7 Å². The average Bonchev–Trinajstić information content (AvgIpc) is 2.78. The third kappa shape index (κ3) is 5.35. The van der Waals surface area contributed by atoms with E-state index in [1.165, 1.54) is 12.1 Å². The van der Waals surface area contributed by atoms with Crippen molar-refractivity contribution in [1.82, 2.24) is 5.32 Å². The number of nitrogens with zero attached hydrogens (tertiary/aromatic N) is 3. The van der Waals surface area contributed by atoms with Crippen LogP contribution in [0.4, 0.5) is 0 Å². The number of rotatable bonds is 6. The molecule has 1 aliphatic heterocycles. The summed E-state index contributed by atoms with van der Waals surface area (Å²) in [4.78, 5) is 17.1. The monoisotopic (exact) mass is 461 g/mol. The predicted molar refractivity (Wildman–Crippen MR) is 124 cm³/mol. The molecule has 2 unspecified atom stereocenters. The smallest absolute Gasteiger partial charge is 0.251 e. The van der Waals surface area contributed by atoms with E-state index in [1.807, 2.05) is 6.07 Å². The highest BCUT2D eigenvalue weighted by Gasteiger charge is 2.34. The Morgan fingerprint density at radius 3 is 2.45 bits per heavy atom. The second-order valence-electron chi connectivity index (χ2n) is 7.77. The summed E-state index contributed by atoms with van der Waals surface area (Å²) in [7, 11) is -3.74. The predicted octanol–water partition coefficient (Wildman–Crippen LogP) is 2.80. The van der Waals surface area contributed by atoms with Crippen LogP contribution in [0.25, 0.3) is 0 Å². The summed E-state index contributed by atoms with van der Waals surface area (Å²) in [5.41, 5.74) is 3.62. The molecule has 0 saturated heterocycles. The quantitative estimate of drug-likeness (QED) is 0.678. The van der Waals surface area contributed by atoms with Crippen LogP contribution in [0.3, 0.4) is 0 Å². The zero-order chi connectivity index (χ0) is 24.2. The number of hydrogen-bond acceptors (Lipinski definition) is 6. The van der Waals surface area contributed by atoms with Crippen molar-refractivity contribution in [1.29, 1.82) is 10.5 Å². The molecule has 0 fully saturated rings. The summed E-state index contributed by atoms with van der Waals surface area (Å²) < 4.78 is 22.7. The Bertz CT molecular complexity index is 1330. The maximum absolute atomic E-state index is 12.7. The average molecular weight is 462 g/mol. The van der Waals surface area contributed by atoms with E-state index in [4.69, 9.17) is 5.14 Å². The molecule has 1 heterocycles. The van der Waals surface area contributed by atoms with Gasteiger partial charge in [-0.25, -0.2) is 13.6 Å². The molecule has 2 atom stereocenters. The number of hydrogen-bond donors (Lipinski definition) is 2. The van der Waals surface area contributed by atoms with Crippen LogP contribution in [0.5, 0.6) is 0 Å². The lowest BCUT2D eigenvalue weighted by Crippen LogP contribution is -2.27. The van der Waals surface area contributed by atoms with Crippen molar-refractivity contribution in [3.05, 3.63) is 76.5 Å². The van der Waals surface area contributed by atoms with Crippen molar-refractivity contribution in [2.45, 2.75) is 31.1 Å². The topological polar surface area (TPSA) is 149 Å². The van der Waals surface area contributed by atoms with Crippen molar-refractivity contribution in [2.75, 3.05) is 6.54 Å². The van der Waals surface area contributed by atoms with Crippen LogP contribution in [-0.2, 0) is 16.4 Å². The maximum Gasteiger partial charge on any atom is 0.251 e. The standard InChI is InChI=1S/C24H23N5O3S/c1-15-21(13-25)23(22(14-26)16(2)29-15)18-4-3-5-19(12-18)24(30)28-11-10-17-6-8-20(9-7-17)33(27,31)32/h3-9,12,21,23H,10-11H2,1-2H3,(H,28,30)(H2,27,31,32). The Labute approximate surface area is 193 Å². The number of carbonyl (C=O) groups excluding carboxylic acids is 1. The molecular formula is C24H23N5O3S. The minimum atomic E-state index is -3.74. The summed E-state index contributed by atoms with van der Waals surface area (Å²) in [6.45, 7) is 3.86. The van der Waals surface area contributed by atoms with Gasteiger partial charge in [0.1, 0.15) is 0 Å². The summed E-state index contributed by atoms with van der Waals surface area (Å²) in [6, 6.07) is 17.5. The Hall–Kier alpha value is -3.79. The van der Waals surface area contributed by atoms with Crippen LogP contribution in [0, 0.1) is 28.6 Å². The molecule has 2 aromatic carbocycles. The van der Waals surface area contributed by atoms with Crippen molar-refractivity contribution in [3.63, 3.8) is 0 Å². The second-order valence-corrected chi connectivity index (χ2v) is 9.33. The summed E-state index contributed by atoms with van der Waals surface area (Å²) in [5, 5.41) is 27.3. The molecule has 168 valence electrons. The molecule has 2 aromatic rings. The van der Waals surface area contributed by atoms with Gasteiger partial charge in [0.2, 0.25) is 10.0 Å². The van der Waals surface area contributed by atoms with E-state index >= 15 is 0 Å². The molecular weight excluding hydrogens is 438 g/mol. The first-order valence-electron chi connectivity index (χ1n) is 10.2. The van der Waals surface area contributed by atoms with Crippen molar-refractivity contribution in [3.8, 4) is 12.1 Å². The molecule has 0 aliphatic carbocycles. The summed E-state index contributed by atoms with van der Waals surface area (Å²) in [6.07, 6.45) is 0.506. The largest absolute Gasteiger partial charge is 0.352 e. The third-order valence-electron chi connectivity index (χ3n) is 5.55. The van der Waals surface area contributed by atoms with E-state index in [2.05, 4.69) is 22.4 Å². The molecule has 9 heteroatoms. The molecule has 1 amide bonds. The number of nitrogens with two attached hydrogens (primary N) is 1. The molecule has 0 radical (unpaired) electrons. The minimum Gasteiger partial charge on any atom is -0.352 e. The Morgan fingerprint density at radius 1 is 1.15 bits per heavy atom. The Kier molecular flexibility index (Phi) is 7.07. The van der Waals surface area contributed by atoms with Gasteiger partial charge in [-0.15, -0.1) is 0 Å². The van der Waals surface area contributed by atoms with Gasteiger partial charge in [0.15, 0.2) is 0 Å². The van der Waals surface area contributed by atoms with E-state index in [-0.39, 0.29) is 10.8 Å². The minimum absolute atomic E-state index is 0.0341. The van der Waals surface area contributed by atoms with E-state index in [0.29, 0.717) is 41.1 Å². The number of carbonyl (C=O) groups is 1. The van der Waals surface area contributed by atoms with Gasteiger partial charge in [0, 0.05) is 23.7 Å². The lowest BCUT2D eigenvalue weighted by atomic mass is 9.76. The lowest BCUT2D eigenvalue weighted by molar-refractivity contribution is 0.0954. The molecule has 3 N–H and O–H groups in total. The molecule has 3 rings (SSSR count). The first-order chi connectivity index (χ1) is 15.7. The van der Waals surface area contributed by atoms with Gasteiger partial charge in [-0.3, -0.25) is 9.79 Å². The summed E-state index contributed by atoms with van der Waals surface area (Å²) >= 11 is 0. The molecule has 8 nitrogen and oxygen atoms in total. The van der Waals surface area contributed by atoms with Gasteiger partial charge in [-0.05, 0) is 55.7 Å². The fraction of sp³-hybridized carbons (Fsp3) is 0.250. The number of allylic oxidation sites excluding steroid dienone is 2. The van der Waals surface area contributed by atoms with E-state index in [9.17, 15) is 23.7 Å². The highest BCUT2D eigenvalue weighted by Crippen LogP contribution is 2.38. The van der Waals surface area contributed by atoms with Crippen LogP contribution >= 0.6 is 0 Å². The number of benzene rings is 2. The zero-order valence-corrected chi connectivity index (χ0v) is 19.1. The Morgan fingerprint density at radius 2 is 1.85 bits per heavy atom. The summed E-state index contributed by atoms with van der Waals surface area (Å²) in [5.74, 6) is -1.35. The van der Waals surface area contributed by atoms with Crippen LogP contribution in [0.1, 0.15) is 41.3 Å². The highest BCUT2D eigenvalue weighted by molar-refractivity contribution is 7.89. The number of nitrogens with one attached hydrogen (secondary N) is 1. The molecule has 0 spiro atoms. The highest BCUT2D eigenvalue weighted by atomic mass is 32.2. The van der Waals surface area contributed by atoms with E-state index < -0.39 is 21.9 Å². The zero-order valence-electron chi connectivity index (χ0n) is 18.2.